The maximum Gasteiger partial charge on any atom is 0.191 e. The van der Waals surface area contributed by atoms with Crippen molar-refractivity contribution in [2.24, 2.45) is 4.99 Å². The van der Waals surface area contributed by atoms with Crippen molar-refractivity contribution in [1.29, 1.82) is 0 Å². The Labute approximate surface area is 141 Å². The van der Waals surface area contributed by atoms with Crippen LogP contribution < -0.4 is 15.4 Å². The quantitative estimate of drug-likeness (QED) is 0.541. The molecule has 5 nitrogen and oxygen atoms in total. The molecule has 0 aliphatic rings. The van der Waals surface area contributed by atoms with Gasteiger partial charge in [0.05, 0.1) is 7.11 Å². The second-order valence-electron chi connectivity index (χ2n) is 5.51. The Morgan fingerprint density at radius 2 is 1.91 bits per heavy atom. The molecule has 1 aromatic rings. The van der Waals surface area contributed by atoms with Gasteiger partial charge in [0.25, 0.3) is 0 Å². The smallest absolute Gasteiger partial charge is 0.191 e. The predicted molar refractivity (Wildman–Crippen MR) is 98.4 cm³/mol. The SMILES string of the molecule is CCN(CC)C(C)CNC(=NC)NCCc1ccccc1OC. The van der Waals surface area contributed by atoms with Crippen molar-refractivity contribution in [3.8, 4) is 5.75 Å². The third-order valence-corrected chi connectivity index (χ3v) is 4.10. The Hall–Kier alpha value is -1.75. The molecule has 0 bridgehead atoms. The van der Waals surface area contributed by atoms with Crippen LogP contribution >= 0.6 is 0 Å². The van der Waals surface area contributed by atoms with Crippen molar-refractivity contribution >= 4 is 5.96 Å². The average molecular weight is 320 g/mol. The van der Waals surface area contributed by atoms with Crippen molar-refractivity contribution in [1.82, 2.24) is 15.5 Å². The van der Waals surface area contributed by atoms with Gasteiger partial charge in [-0.2, -0.15) is 0 Å². The predicted octanol–water partition coefficient (Wildman–Crippen LogP) is 2.13. The first-order valence-electron chi connectivity index (χ1n) is 8.46. The van der Waals surface area contributed by atoms with Gasteiger partial charge in [0.2, 0.25) is 0 Å². The van der Waals surface area contributed by atoms with E-state index in [1.807, 2.05) is 18.2 Å². The molecule has 23 heavy (non-hydrogen) atoms. The van der Waals surface area contributed by atoms with E-state index in [0.717, 1.165) is 44.3 Å². The monoisotopic (exact) mass is 320 g/mol. The molecule has 0 aliphatic heterocycles. The van der Waals surface area contributed by atoms with E-state index in [4.69, 9.17) is 4.74 Å². The minimum absolute atomic E-state index is 0.484. The maximum atomic E-state index is 5.38. The van der Waals surface area contributed by atoms with E-state index in [9.17, 15) is 0 Å². The number of benzene rings is 1. The summed E-state index contributed by atoms with van der Waals surface area (Å²) in [5, 5.41) is 6.76. The van der Waals surface area contributed by atoms with Gasteiger partial charge in [0.15, 0.2) is 5.96 Å². The third kappa shape index (κ3) is 6.48. The van der Waals surface area contributed by atoms with Crippen LogP contribution in [0.3, 0.4) is 0 Å². The lowest BCUT2D eigenvalue weighted by Gasteiger charge is -2.27. The first-order valence-corrected chi connectivity index (χ1v) is 8.46. The van der Waals surface area contributed by atoms with Crippen LogP contribution in [0.2, 0.25) is 0 Å². The molecule has 0 fully saturated rings. The lowest BCUT2D eigenvalue weighted by atomic mass is 10.1. The minimum atomic E-state index is 0.484. The van der Waals surface area contributed by atoms with Crippen molar-refractivity contribution in [2.75, 3.05) is 40.3 Å². The topological polar surface area (TPSA) is 48.9 Å². The molecule has 0 aliphatic carbocycles. The highest BCUT2D eigenvalue weighted by Crippen LogP contribution is 2.17. The van der Waals surface area contributed by atoms with Crippen LogP contribution in [0.25, 0.3) is 0 Å². The van der Waals surface area contributed by atoms with Gasteiger partial charge >= 0.3 is 0 Å². The standard InChI is InChI=1S/C18H32N4O/c1-6-22(7-2)15(3)14-21-18(19-4)20-13-12-16-10-8-9-11-17(16)23-5/h8-11,15H,6-7,12-14H2,1-5H3,(H2,19,20,21). The van der Waals surface area contributed by atoms with Crippen LogP contribution in [0.5, 0.6) is 5.75 Å². The van der Waals surface area contributed by atoms with Crippen molar-refractivity contribution < 1.29 is 4.74 Å². The Balaban J connectivity index is 2.40. The van der Waals surface area contributed by atoms with E-state index < -0.39 is 0 Å². The van der Waals surface area contributed by atoms with Crippen LogP contribution in [0, 0.1) is 0 Å². The number of nitrogens with one attached hydrogen (secondary N) is 2. The number of aliphatic imine (C=N–C) groups is 1. The van der Waals surface area contributed by atoms with E-state index in [0.29, 0.717) is 6.04 Å². The fourth-order valence-electron chi connectivity index (χ4n) is 2.67. The maximum absolute atomic E-state index is 5.38. The van der Waals surface area contributed by atoms with Crippen molar-refractivity contribution in [3.63, 3.8) is 0 Å². The summed E-state index contributed by atoms with van der Waals surface area (Å²) in [7, 11) is 3.52. The molecule has 1 rings (SSSR count). The van der Waals surface area contributed by atoms with Crippen molar-refractivity contribution in [2.45, 2.75) is 33.2 Å². The summed E-state index contributed by atoms with van der Waals surface area (Å²) in [6.45, 7) is 10.5. The van der Waals surface area contributed by atoms with Gasteiger partial charge in [0, 0.05) is 26.2 Å². The average Bonchev–Trinajstić information content (AvgIpc) is 2.59. The molecule has 0 spiro atoms. The molecule has 130 valence electrons. The zero-order chi connectivity index (χ0) is 17.1. The van der Waals surface area contributed by atoms with Crippen LogP contribution in [0.15, 0.2) is 29.3 Å². The molecule has 0 aromatic heterocycles. The Morgan fingerprint density at radius 1 is 1.22 bits per heavy atom. The molecule has 0 heterocycles. The van der Waals surface area contributed by atoms with Gasteiger partial charge in [-0.25, -0.2) is 0 Å². The summed E-state index contributed by atoms with van der Waals surface area (Å²) >= 11 is 0. The number of hydrogen-bond donors (Lipinski definition) is 2. The van der Waals surface area contributed by atoms with Crippen LogP contribution in [0.1, 0.15) is 26.3 Å². The molecule has 0 saturated carbocycles. The van der Waals surface area contributed by atoms with Crippen molar-refractivity contribution in [3.05, 3.63) is 29.8 Å². The first kappa shape index (κ1) is 19.3. The van der Waals surface area contributed by atoms with E-state index in [1.54, 1.807) is 14.2 Å². The van der Waals surface area contributed by atoms with Gasteiger partial charge in [-0.3, -0.25) is 9.89 Å². The second kappa shape index (κ2) is 10.9. The molecular formula is C18H32N4O. The number of ether oxygens (including phenoxy) is 1. The number of nitrogens with zero attached hydrogens (tertiary/aromatic N) is 2. The van der Waals surface area contributed by atoms with E-state index in [-0.39, 0.29) is 0 Å². The number of methoxy groups -OCH3 is 1. The molecule has 0 radical (unpaired) electrons. The zero-order valence-electron chi connectivity index (χ0n) is 15.2. The lowest BCUT2D eigenvalue weighted by molar-refractivity contribution is 0.231. The fraction of sp³-hybridized carbons (Fsp3) is 0.611. The second-order valence-corrected chi connectivity index (χ2v) is 5.51. The van der Waals surface area contributed by atoms with E-state index in [2.05, 4.69) is 47.4 Å². The van der Waals surface area contributed by atoms with Gasteiger partial charge in [-0.05, 0) is 38.1 Å². The highest BCUT2D eigenvalue weighted by atomic mass is 16.5. The zero-order valence-corrected chi connectivity index (χ0v) is 15.2. The molecule has 0 amide bonds. The molecular weight excluding hydrogens is 288 g/mol. The summed E-state index contributed by atoms with van der Waals surface area (Å²) in [4.78, 5) is 6.72. The van der Waals surface area contributed by atoms with Gasteiger partial charge < -0.3 is 15.4 Å². The number of rotatable bonds is 9. The number of likely N-dealkylation sites (N-methyl/N-ethyl adjacent to an activating group) is 1. The largest absolute Gasteiger partial charge is 0.496 e. The summed E-state index contributed by atoms with van der Waals surface area (Å²) in [5.74, 6) is 1.78. The molecule has 5 heteroatoms. The molecule has 1 aromatic carbocycles. The number of hydrogen-bond acceptors (Lipinski definition) is 3. The van der Waals surface area contributed by atoms with Crippen LogP contribution in [-0.2, 0) is 6.42 Å². The summed E-state index contributed by atoms with van der Waals surface area (Å²) in [5.41, 5.74) is 1.20. The fourth-order valence-corrected chi connectivity index (χ4v) is 2.67. The number of para-hydroxylation sites is 1. The first-order chi connectivity index (χ1) is 11.2. The third-order valence-electron chi connectivity index (χ3n) is 4.10. The molecule has 1 unspecified atom stereocenters. The summed E-state index contributed by atoms with van der Waals surface area (Å²) in [6.07, 6.45) is 0.899. The molecule has 0 saturated heterocycles. The number of guanidine groups is 1. The molecule has 2 N–H and O–H groups in total. The van der Waals surface area contributed by atoms with Crippen LogP contribution in [-0.4, -0.2) is 57.2 Å². The minimum Gasteiger partial charge on any atom is -0.496 e. The van der Waals surface area contributed by atoms with E-state index in [1.165, 1.54) is 5.56 Å². The Bertz CT molecular complexity index is 472. The highest BCUT2D eigenvalue weighted by molar-refractivity contribution is 5.79. The van der Waals surface area contributed by atoms with E-state index >= 15 is 0 Å². The molecule has 1 atom stereocenters. The summed E-state index contributed by atoms with van der Waals surface area (Å²) < 4.78 is 5.38. The Kier molecular flexibility index (Phi) is 9.14. The lowest BCUT2D eigenvalue weighted by Crippen LogP contribution is -2.46. The summed E-state index contributed by atoms with van der Waals surface area (Å²) in [6, 6.07) is 8.60. The van der Waals surface area contributed by atoms with Gasteiger partial charge in [0.1, 0.15) is 5.75 Å². The normalized spacial score (nSPS) is 13.0. The Morgan fingerprint density at radius 3 is 2.52 bits per heavy atom. The van der Waals surface area contributed by atoms with Crippen LogP contribution in [0.4, 0.5) is 0 Å². The highest BCUT2D eigenvalue weighted by Gasteiger charge is 2.10. The van der Waals surface area contributed by atoms with Gasteiger partial charge in [-0.1, -0.05) is 32.0 Å². The van der Waals surface area contributed by atoms with Gasteiger partial charge in [-0.15, -0.1) is 0 Å².